The lowest BCUT2D eigenvalue weighted by atomic mass is 9.87. The Morgan fingerprint density at radius 2 is 1.84 bits per heavy atom. The van der Waals surface area contributed by atoms with Gasteiger partial charge in [0.05, 0.1) is 0 Å². The average molecular weight is 444 g/mol. The van der Waals surface area contributed by atoms with Crippen LogP contribution in [-0.4, -0.2) is 62.0 Å². The van der Waals surface area contributed by atoms with Gasteiger partial charge in [0.25, 0.3) is 5.91 Å². The van der Waals surface area contributed by atoms with E-state index in [4.69, 9.17) is 4.74 Å². The summed E-state index contributed by atoms with van der Waals surface area (Å²) in [5.41, 5.74) is 1.55. The van der Waals surface area contributed by atoms with Crippen molar-refractivity contribution in [1.29, 1.82) is 0 Å². The molecule has 1 aromatic carbocycles. The second-order valence-corrected chi connectivity index (χ2v) is 9.10. The molecule has 3 rings (SSSR count). The highest BCUT2D eigenvalue weighted by molar-refractivity contribution is 5.97. The number of nitrogens with one attached hydrogen (secondary N) is 2. The van der Waals surface area contributed by atoms with Gasteiger partial charge < -0.3 is 20.3 Å². The summed E-state index contributed by atoms with van der Waals surface area (Å²) in [5, 5.41) is 5.93. The van der Waals surface area contributed by atoms with E-state index in [0.717, 1.165) is 37.7 Å². The van der Waals surface area contributed by atoms with Gasteiger partial charge in [-0.3, -0.25) is 14.4 Å². The van der Waals surface area contributed by atoms with Gasteiger partial charge in [0.2, 0.25) is 11.8 Å². The Morgan fingerprint density at radius 3 is 2.50 bits per heavy atom. The van der Waals surface area contributed by atoms with Gasteiger partial charge in [-0.25, -0.2) is 0 Å². The molecule has 1 saturated heterocycles. The molecule has 1 aromatic rings. The molecule has 0 spiro atoms. The Hall–Kier alpha value is -2.41. The van der Waals surface area contributed by atoms with E-state index in [9.17, 15) is 14.4 Å². The lowest BCUT2D eigenvalue weighted by Crippen LogP contribution is -2.54. The van der Waals surface area contributed by atoms with Crippen molar-refractivity contribution in [3.8, 4) is 0 Å². The van der Waals surface area contributed by atoms with Crippen LogP contribution in [0.3, 0.4) is 0 Å². The van der Waals surface area contributed by atoms with E-state index in [0.29, 0.717) is 44.6 Å². The lowest BCUT2D eigenvalue weighted by molar-refractivity contribution is -0.137. The number of nitrogens with zero attached hydrogens (tertiary/aromatic N) is 1. The van der Waals surface area contributed by atoms with Crippen LogP contribution < -0.4 is 10.6 Å². The van der Waals surface area contributed by atoms with Crippen molar-refractivity contribution < 1.29 is 19.1 Å². The molecule has 7 heteroatoms. The molecular formula is C25H37N3O4. The fraction of sp³-hybridized carbons (Fsp3) is 0.640. The Labute approximate surface area is 191 Å². The predicted molar refractivity (Wildman–Crippen MR) is 123 cm³/mol. The predicted octanol–water partition coefficient (Wildman–Crippen LogP) is 2.67. The standard InChI is InChI=1S/C25H37N3O4/c1-18-7-5-10-21(17-18)23(29)27-22(24(30)26-13-6-16-32-2)19-11-14-28(15-12-19)25(31)20-8-3-4-9-20/h5,7,10,17,19-20,22H,3-4,6,8-9,11-16H2,1-2H3,(H,26,30)(H,27,29). The van der Waals surface area contributed by atoms with Crippen molar-refractivity contribution in [2.75, 3.05) is 33.4 Å². The first kappa shape index (κ1) is 24.2. The van der Waals surface area contributed by atoms with Crippen molar-refractivity contribution in [3.63, 3.8) is 0 Å². The summed E-state index contributed by atoms with van der Waals surface area (Å²) in [6, 6.07) is 6.75. The van der Waals surface area contributed by atoms with Crippen molar-refractivity contribution >= 4 is 17.7 Å². The fourth-order valence-corrected chi connectivity index (χ4v) is 4.83. The second kappa shape index (κ2) is 12.0. The van der Waals surface area contributed by atoms with E-state index in [2.05, 4.69) is 10.6 Å². The summed E-state index contributed by atoms with van der Waals surface area (Å²) >= 11 is 0. The minimum atomic E-state index is -0.616. The molecule has 32 heavy (non-hydrogen) atoms. The number of methoxy groups -OCH3 is 1. The van der Waals surface area contributed by atoms with Crippen LogP contribution in [0.4, 0.5) is 0 Å². The molecule has 1 atom stereocenters. The van der Waals surface area contributed by atoms with Crippen molar-refractivity contribution in [2.45, 2.75) is 57.9 Å². The monoisotopic (exact) mass is 443 g/mol. The number of amides is 3. The van der Waals surface area contributed by atoms with Gasteiger partial charge in [-0.1, -0.05) is 30.5 Å². The first-order valence-electron chi connectivity index (χ1n) is 11.9. The zero-order valence-electron chi connectivity index (χ0n) is 19.4. The van der Waals surface area contributed by atoms with Gasteiger partial charge in [0.1, 0.15) is 6.04 Å². The van der Waals surface area contributed by atoms with E-state index in [-0.39, 0.29) is 29.6 Å². The topological polar surface area (TPSA) is 87.7 Å². The second-order valence-electron chi connectivity index (χ2n) is 9.10. The van der Waals surface area contributed by atoms with Crippen LogP contribution in [0.2, 0.25) is 0 Å². The van der Waals surface area contributed by atoms with E-state index in [1.807, 2.05) is 30.0 Å². The number of piperidine rings is 1. The summed E-state index contributed by atoms with van der Waals surface area (Å²) in [6.45, 7) is 4.31. The van der Waals surface area contributed by atoms with Gasteiger partial charge in [-0.05, 0) is 57.1 Å². The van der Waals surface area contributed by atoms with Crippen molar-refractivity contribution in [3.05, 3.63) is 35.4 Å². The van der Waals surface area contributed by atoms with Crippen LogP contribution in [0.25, 0.3) is 0 Å². The highest BCUT2D eigenvalue weighted by Crippen LogP contribution is 2.29. The molecule has 0 aromatic heterocycles. The first-order valence-corrected chi connectivity index (χ1v) is 11.9. The largest absolute Gasteiger partial charge is 0.385 e. The molecule has 176 valence electrons. The molecule has 2 aliphatic rings. The number of rotatable bonds is 9. The molecule has 3 amide bonds. The van der Waals surface area contributed by atoms with E-state index >= 15 is 0 Å². The summed E-state index contributed by atoms with van der Waals surface area (Å²) in [4.78, 5) is 40.7. The Kier molecular flexibility index (Phi) is 9.09. The quantitative estimate of drug-likeness (QED) is 0.575. The fourth-order valence-electron chi connectivity index (χ4n) is 4.83. The van der Waals surface area contributed by atoms with Gasteiger partial charge in [0.15, 0.2) is 0 Å². The van der Waals surface area contributed by atoms with E-state index < -0.39 is 6.04 Å². The third-order valence-electron chi connectivity index (χ3n) is 6.70. The number of hydrogen-bond acceptors (Lipinski definition) is 4. The highest BCUT2D eigenvalue weighted by atomic mass is 16.5. The number of carbonyl (C=O) groups excluding carboxylic acids is 3. The Bertz CT molecular complexity index is 783. The van der Waals surface area contributed by atoms with Crippen LogP contribution in [-0.2, 0) is 14.3 Å². The third kappa shape index (κ3) is 6.55. The number of hydrogen-bond donors (Lipinski definition) is 2. The summed E-state index contributed by atoms with van der Waals surface area (Å²) in [5.74, 6) is 0.0365. The van der Waals surface area contributed by atoms with Gasteiger partial charge in [-0.2, -0.15) is 0 Å². The number of carbonyl (C=O) groups is 3. The van der Waals surface area contributed by atoms with Crippen LogP contribution >= 0.6 is 0 Å². The van der Waals surface area contributed by atoms with Crippen molar-refractivity contribution in [2.24, 2.45) is 11.8 Å². The van der Waals surface area contributed by atoms with Gasteiger partial charge in [-0.15, -0.1) is 0 Å². The number of aryl methyl sites for hydroxylation is 1. The number of likely N-dealkylation sites (tertiary alicyclic amines) is 1. The van der Waals surface area contributed by atoms with Crippen molar-refractivity contribution in [1.82, 2.24) is 15.5 Å². The minimum absolute atomic E-state index is 0.00110. The van der Waals surface area contributed by atoms with Crippen LogP contribution in [0.15, 0.2) is 24.3 Å². The molecule has 1 unspecified atom stereocenters. The maximum Gasteiger partial charge on any atom is 0.251 e. The van der Waals surface area contributed by atoms with Gasteiger partial charge in [0, 0.05) is 44.8 Å². The molecule has 1 heterocycles. The molecule has 7 nitrogen and oxygen atoms in total. The van der Waals surface area contributed by atoms with Crippen LogP contribution in [0.5, 0.6) is 0 Å². The normalized spacial score (nSPS) is 18.4. The first-order chi connectivity index (χ1) is 15.5. The molecule has 0 radical (unpaired) electrons. The van der Waals surface area contributed by atoms with Crippen LogP contribution in [0.1, 0.15) is 60.9 Å². The summed E-state index contributed by atoms with van der Waals surface area (Å²) in [7, 11) is 1.63. The van der Waals surface area contributed by atoms with E-state index in [1.165, 1.54) is 0 Å². The molecule has 2 N–H and O–H groups in total. The zero-order valence-corrected chi connectivity index (χ0v) is 19.4. The lowest BCUT2D eigenvalue weighted by Gasteiger charge is -2.36. The smallest absolute Gasteiger partial charge is 0.251 e. The number of ether oxygens (including phenoxy) is 1. The molecule has 1 saturated carbocycles. The highest BCUT2D eigenvalue weighted by Gasteiger charge is 2.35. The van der Waals surface area contributed by atoms with E-state index in [1.54, 1.807) is 13.2 Å². The third-order valence-corrected chi connectivity index (χ3v) is 6.70. The summed E-state index contributed by atoms with van der Waals surface area (Å²) < 4.78 is 5.05. The zero-order chi connectivity index (χ0) is 22.9. The number of benzene rings is 1. The average Bonchev–Trinajstić information content (AvgIpc) is 3.35. The Balaban J connectivity index is 1.63. The summed E-state index contributed by atoms with van der Waals surface area (Å²) in [6.07, 6.45) is 6.42. The van der Waals surface area contributed by atoms with Crippen LogP contribution in [0, 0.1) is 18.8 Å². The van der Waals surface area contributed by atoms with Gasteiger partial charge >= 0.3 is 0 Å². The minimum Gasteiger partial charge on any atom is -0.385 e. The molecule has 2 fully saturated rings. The molecule has 0 bridgehead atoms. The Morgan fingerprint density at radius 1 is 1.12 bits per heavy atom. The SMILES string of the molecule is COCCCNC(=O)C(NC(=O)c1cccc(C)c1)C1CCN(C(=O)C2CCCC2)CC1. The maximum absolute atomic E-state index is 13.0. The molecule has 1 aliphatic heterocycles. The maximum atomic E-state index is 13.0. The molecule has 1 aliphatic carbocycles. The molecular weight excluding hydrogens is 406 g/mol.